The summed E-state index contributed by atoms with van der Waals surface area (Å²) in [4.78, 5) is 12.7. The molecule has 0 unspecified atom stereocenters. The molecule has 1 aromatic heterocycles. The summed E-state index contributed by atoms with van der Waals surface area (Å²) < 4.78 is 6.16. The molecule has 1 heterocycles. The van der Waals surface area contributed by atoms with E-state index in [0.29, 0.717) is 5.22 Å². The molecule has 1 atom stereocenters. The molecule has 0 saturated heterocycles. The van der Waals surface area contributed by atoms with Gasteiger partial charge in [-0.25, -0.2) is 0 Å². The van der Waals surface area contributed by atoms with Crippen LogP contribution in [0.3, 0.4) is 0 Å². The molecule has 5 nitrogen and oxygen atoms in total. The van der Waals surface area contributed by atoms with E-state index in [1.807, 2.05) is 13.0 Å². The number of amides is 1. The Hall–Kier alpha value is -1.82. The van der Waals surface area contributed by atoms with Crippen LogP contribution in [0.4, 0.5) is 5.69 Å². The molecule has 1 aromatic carbocycles. The average Bonchev–Trinajstić information content (AvgIpc) is 3.36. The monoisotopic (exact) mass is 423 g/mol. The van der Waals surface area contributed by atoms with Crippen molar-refractivity contribution in [3.63, 3.8) is 0 Å². The van der Waals surface area contributed by atoms with E-state index in [4.69, 9.17) is 4.42 Å². The van der Waals surface area contributed by atoms with Gasteiger partial charge in [0.2, 0.25) is 11.8 Å². The van der Waals surface area contributed by atoms with Gasteiger partial charge in [-0.1, -0.05) is 17.8 Å². The van der Waals surface area contributed by atoms with Crippen molar-refractivity contribution in [1.29, 1.82) is 0 Å². The lowest BCUT2D eigenvalue weighted by Gasteiger charge is -2.55. The standard InChI is InChI=1S/C24H29N3O2S/c1-14(21(28)25-20-6-5-18-3-2-4-19(18)10-20)30-23-27-26-22(29-23)24-11-15-7-16(12-24)9-17(8-15)13-24/h5-6,10,14-17H,2-4,7-9,11-13H2,1H3,(H,25,28)/t14-,15?,16?,17?,24?/m1/s1. The van der Waals surface area contributed by atoms with E-state index in [1.54, 1.807) is 0 Å². The normalized spacial score (nSPS) is 32.2. The molecule has 5 aliphatic carbocycles. The third-order valence-electron chi connectivity index (χ3n) is 7.91. The van der Waals surface area contributed by atoms with Crippen LogP contribution < -0.4 is 5.32 Å². The summed E-state index contributed by atoms with van der Waals surface area (Å²) in [6, 6.07) is 6.28. The summed E-state index contributed by atoms with van der Waals surface area (Å²) in [6.07, 6.45) is 11.3. The number of rotatable bonds is 5. The molecule has 4 fully saturated rings. The molecule has 158 valence electrons. The molecule has 1 amide bonds. The first kappa shape index (κ1) is 18.9. The van der Waals surface area contributed by atoms with Crippen LogP contribution in [0.25, 0.3) is 0 Å². The SMILES string of the molecule is C[C@@H](Sc1nnc(C23CC4CC(CC(C4)C2)C3)o1)C(=O)Nc1ccc2c(c1)CCC2. The number of hydrogen-bond donors (Lipinski definition) is 1. The van der Waals surface area contributed by atoms with Crippen LogP contribution in [0, 0.1) is 17.8 Å². The summed E-state index contributed by atoms with van der Waals surface area (Å²) in [5, 5.41) is 12.1. The summed E-state index contributed by atoms with van der Waals surface area (Å²) in [5.41, 5.74) is 3.77. The van der Waals surface area contributed by atoms with Crippen molar-refractivity contribution in [2.75, 3.05) is 5.32 Å². The fraction of sp³-hybridized carbons (Fsp3) is 0.625. The highest BCUT2D eigenvalue weighted by Crippen LogP contribution is 2.60. The second-order valence-electron chi connectivity index (χ2n) is 10.2. The number of hydrogen-bond acceptors (Lipinski definition) is 5. The minimum absolute atomic E-state index is 0.0208. The van der Waals surface area contributed by atoms with Crippen molar-refractivity contribution in [1.82, 2.24) is 10.2 Å². The number of carbonyl (C=O) groups is 1. The van der Waals surface area contributed by atoms with Crippen LogP contribution in [-0.4, -0.2) is 21.4 Å². The molecule has 6 heteroatoms. The molecule has 4 saturated carbocycles. The smallest absolute Gasteiger partial charge is 0.277 e. The molecule has 0 aliphatic heterocycles. The Balaban J connectivity index is 1.12. The van der Waals surface area contributed by atoms with Crippen LogP contribution in [0.5, 0.6) is 0 Å². The Morgan fingerprint density at radius 2 is 1.80 bits per heavy atom. The van der Waals surface area contributed by atoms with Crippen LogP contribution >= 0.6 is 11.8 Å². The third-order valence-corrected chi connectivity index (χ3v) is 8.85. The Labute approximate surface area is 181 Å². The number of nitrogens with zero attached hydrogens (tertiary/aromatic N) is 2. The topological polar surface area (TPSA) is 68.0 Å². The zero-order valence-electron chi connectivity index (χ0n) is 17.5. The van der Waals surface area contributed by atoms with Gasteiger partial charge in [0.1, 0.15) is 0 Å². The largest absolute Gasteiger partial charge is 0.415 e. The van der Waals surface area contributed by atoms with Gasteiger partial charge in [0.25, 0.3) is 5.22 Å². The number of nitrogens with one attached hydrogen (secondary N) is 1. The van der Waals surface area contributed by atoms with E-state index in [1.165, 1.54) is 67.8 Å². The molecule has 30 heavy (non-hydrogen) atoms. The van der Waals surface area contributed by atoms with Crippen LogP contribution in [-0.2, 0) is 23.1 Å². The molecule has 2 aromatic rings. The fourth-order valence-corrected chi connectivity index (χ4v) is 7.63. The van der Waals surface area contributed by atoms with Crippen molar-refractivity contribution >= 4 is 23.4 Å². The number of aryl methyl sites for hydroxylation is 2. The first-order valence-electron chi connectivity index (χ1n) is 11.5. The van der Waals surface area contributed by atoms with Crippen molar-refractivity contribution in [2.24, 2.45) is 17.8 Å². The minimum atomic E-state index is -0.289. The number of thioether (sulfide) groups is 1. The molecule has 0 radical (unpaired) electrons. The lowest BCUT2D eigenvalue weighted by molar-refractivity contribution is -0.115. The highest BCUT2D eigenvalue weighted by Gasteiger charge is 2.54. The molecule has 1 N–H and O–H groups in total. The quantitative estimate of drug-likeness (QED) is 0.674. The van der Waals surface area contributed by atoms with Crippen molar-refractivity contribution in [3.8, 4) is 0 Å². The Morgan fingerprint density at radius 3 is 2.53 bits per heavy atom. The van der Waals surface area contributed by atoms with Crippen molar-refractivity contribution in [3.05, 3.63) is 35.2 Å². The fourth-order valence-electron chi connectivity index (χ4n) is 6.94. The number of fused-ring (bicyclic) bond motifs is 1. The van der Waals surface area contributed by atoms with E-state index in [2.05, 4.69) is 27.6 Å². The summed E-state index contributed by atoms with van der Waals surface area (Å²) >= 11 is 1.37. The second-order valence-corrected chi connectivity index (χ2v) is 11.4. The van der Waals surface area contributed by atoms with E-state index >= 15 is 0 Å². The number of carbonyl (C=O) groups excluding carboxylic acids is 1. The van der Waals surface area contributed by atoms with Crippen LogP contribution in [0.2, 0.25) is 0 Å². The highest BCUT2D eigenvalue weighted by molar-refractivity contribution is 8.00. The Bertz CT molecular complexity index is 949. The molecular weight excluding hydrogens is 394 g/mol. The van der Waals surface area contributed by atoms with E-state index in [-0.39, 0.29) is 16.6 Å². The van der Waals surface area contributed by atoms with E-state index < -0.39 is 0 Å². The lowest BCUT2D eigenvalue weighted by Crippen LogP contribution is -2.48. The summed E-state index contributed by atoms with van der Waals surface area (Å²) in [5.74, 6) is 3.34. The van der Waals surface area contributed by atoms with Gasteiger partial charge in [0, 0.05) is 11.1 Å². The maximum atomic E-state index is 12.7. The molecule has 7 rings (SSSR count). The number of benzene rings is 1. The van der Waals surface area contributed by atoms with Gasteiger partial charge in [-0.05, 0) is 106 Å². The van der Waals surface area contributed by atoms with Gasteiger partial charge in [-0.15, -0.1) is 10.2 Å². The maximum absolute atomic E-state index is 12.7. The predicted molar refractivity (Wildman–Crippen MR) is 117 cm³/mol. The van der Waals surface area contributed by atoms with Crippen molar-refractivity contribution < 1.29 is 9.21 Å². The summed E-state index contributed by atoms with van der Waals surface area (Å²) in [6.45, 7) is 1.90. The van der Waals surface area contributed by atoms with Gasteiger partial charge < -0.3 is 9.73 Å². The summed E-state index contributed by atoms with van der Waals surface area (Å²) in [7, 11) is 0. The zero-order chi connectivity index (χ0) is 20.3. The van der Waals surface area contributed by atoms with Crippen LogP contribution in [0.1, 0.15) is 68.9 Å². The number of anilines is 1. The third kappa shape index (κ3) is 3.28. The van der Waals surface area contributed by atoms with Gasteiger partial charge in [-0.3, -0.25) is 4.79 Å². The van der Waals surface area contributed by atoms with E-state index in [9.17, 15) is 4.79 Å². The van der Waals surface area contributed by atoms with Crippen LogP contribution in [0.15, 0.2) is 27.8 Å². The van der Waals surface area contributed by atoms with Crippen molar-refractivity contribution in [2.45, 2.75) is 80.6 Å². The molecule has 5 aliphatic rings. The first-order chi connectivity index (χ1) is 14.6. The van der Waals surface area contributed by atoms with Gasteiger partial charge in [-0.2, -0.15) is 0 Å². The zero-order valence-corrected chi connectivity index (χ0v) is 18.3. The Kier molecular flexibility index (Phi) is 4.48. The highest BCUT2D eigenvalue weighted by atomic mass is 32.2. The van der Waals surface area contributed by atoms with Gasteiger partial charge in [0.15, 0.2) is 0 Å². The average molecular weight is 424 g/mol. The minimum Gasteiger partial charge on any atom is -0.415 e. The lowest BCUT2D eigenvalue weighted by atomic mass is 9.49. The van der Waals surface area contributed by atoms with Gasteiger partial charge in [0.05, 0.1) is 5.25 Å². The first-order valence-corrected chi connectivity index (χ1v) is 12.4. The van der Waals surface area contributed by atoms with Gasteiger partial charge >= 0.3 is 0 Å². The second kappa shape index (κ2) is 7.11. The van der Waals surface area contributed by atoms with E-state index in [0.717, 1.165) is 42.2 Å². The molecular formula is C24H29N3O2S. The molecule has 0 spiro atoms. The number of aromatic nitrogens is 2. The maximum Gasteiger partial charge on any atom is 0.277 e. The predicted octanol–water partition coefficient (Wildman–Crippen LogP) is 5.15. The molecule has 4 bridgehead atoms. The Morgan fingerprint density at radius 1 is 1.10 bits per heavy atom.